The molecule has 2 heterocycles. The topological polar surface area (TPSA) is 112 Å². The Labute approximate surface area is 199 Å². The Morgan fingerprint density at radius 3 is 2.71 bits per heavy atom. The molecule has 0 fully saturated rings. The van der Waals surface area contributed by atoms with Crippen molar-refractivity contribution in [1.82, 2.24) is 14.6 Å². The van der Waals surface area contributed by atoms with Gasteiger partial charge in [-0.05, 0) is 36.8 Å². The minimum absolute atomic E-state index is 0.160. The normalized spacial score (nSPS) is 10.7. The van der Waals surface area contributed by atoms with Crippen molar-refractivity contribution in [3.8, 4) is 5.75 Å². The molecule has 0 unspecified atom stereocenters. The van der Waals surface area contributed by atoms with Crippen molar-refractivity contribution >= 4 is 33.9 Å². The number of nitrogens with one attached hydrogen (secondary N) is 1. The third-order valence-corrected chi connectivity index (χ3v) is 5.62. The van der Waals surface area contributed by atoms with Crippen LogP contribution in [0.2, 0.25) is 0 Å². The van der Waals surface area contributed by atoms with E-state index in [-0.39, 0.29) is 30.2 Å². The van der Waals surface area contributed by atoms with Gasteiger partial charge in [0.15, 0.2) is 6.61 Å². The summed E-state index contributed by atoms with van der Waals surface area (Å²) in [6, 6.07) is 16.7. The second-order valence-corrected chi connectivity index (χ2v) is 8.37. The number of carbonyl (C=O) groups excluding carboxylic acids is 2. The first-order valence-corrected chi connectivity index (χ1v) is 11.5. The van der Waals surface area contributed by atoms with Crippen molar-refractivity contribution in [2.45, 2.75) is 26.4 Å². The van der Waals surface area contributed by atoms with E-state index in [4.69, 9.17) is 9.47 Å². The van der Waals surface area contributed by atoms with Gasteiger partial charge < -0.3 is 14.8 Å². The third-order valence-electron chi connectivity index (χ3n) is 4.65. The third kappa shape index (κ3) is 5.84. The predicted molar refractivity (Wildman–Crippen MR) is 127 cm³/mol. The van der Waals surface area contributed by atoms with E-state index in [0.717, 1.165) is 17.8 Å². The van der Waals surface area contributed by atoms with Gasteiger partial charge in [-0.25, -0.2) is 9.78 Å². The highest BCUT2D eigenvalue weighted by Crippen LogP contribution is 2.15. The SMILES string of the molecule is CCCc1nn2c(=O)cc(COC(=O)c3cccc(NC(=O)COc4ccccc4)c3)nc2s1. The summed E-state index contributed by atoms with van der Waals surface area (Å²) >= 11 is 1.34. The summed E-state index contributed by atoms with van der Waals surface area (Å²) in [5.74, 6) is -0.379. The minimum atomic E-state index is -0.602. The van der Waals surface area contributed by atoms with Gasteiger partial charge in [0.2, 0.25) is 4.96 Å². The van der Waals surface area contributed by atoms with Crippen molar-refractivity contribution in [2.75, 3.05) is 11.9 Å². The Morgan fingerprint density at radius 2 is 1.91 bits per heavy atom. The molecule has 0 aliphatic rings. The van der Waals surface area contributed by atoms with E-state index in [9.17, 15) is 14.4 Å². The maximum absolute atomic E-state index is 12.5. The van der Waals surface area contributed by atoms with Crippen LogP contribution >= 0.6 is 11.3 Å². The Kier molecular flexibility index (Phi) is 7.28. The molecule has 1 amide bonds. The van der Waals surface area contributed by atoms with Crippen LogP contribution in [0, 0.1) is 0 Å². The number of hydrogen-bond donors (Lipinski definition) is 1. The van der Waals surface area contributed by atoms with Crippen LogP contribution in [0.3, 0.4) is 0 Å². The number of anilines is 1. The van der Waals surface area contributed by atoms with E-state index in [1.165, 1.54) is 28.0 Å². The average Bonchev–Trinajstić information content (AvgIpc) is 3.25. The molecule has 34 heavy (non-hydrogen) atoms. The van der Waals surface area contributed by atoms with E-state index in [0.29, 0.717) is 22.1 Å². The maximum Gasteiger partial charge on any atom is 0.338 e. The summed E-state index contributed by atoms with van der Waals surface area (Å²) in [4.78, 5) is 41.8. The van der Waals surface area contributed by atoms with Gasteiger partial charge >= 0.3 is 5.97 Å². The molecule has 174 valence electrons. The number of para-hydroxylation sites is 1. The van der Waals surface area contributed by atoms with Gasteiger partial charge in [0.1, 0.15) is 17.4 Å². The van der Waals surface area contributed by atoms with Crippen LogP contribution in [0.1, 0.15) is 34.4 Å². The molecule has 1 N–H and O–H groups in total. The molecular formula is C24H22N4O5S. The fraction of sp³-hybridized carbons (Fsp3) is 0.208. The number of nitrogens with zero attached hydrogens (tertiary/aromatic N) is 3. The highest BCUT2D eigenvalue weighted by Gasteiger charge is 2.13. The van der Waals surface area contributed by atoms with Gasteiger partial charge in [-0.1, -0.05) is 42.5 Å². The van der Waals surface area contributed by atoms with Crippen LogP contribution < -0.4 is 15.6 Å². The number of amides is 1. The summed E-state index contributed by atoms with van der Waals surface area (Å²) in [6.07, 6.45) is 1.68. The van der Waals surface area contributed by atoms with Crippen molar-refractivity contribution < 1.29 is 19.1 Å². The minimum Gasteiger partial charge on any atom is -0.484 e. The van der Waals surface area contributed by atoms with E-state index < -0.39 is 5.97 Å². The number of fused-ring (bicyclic) bond motifs is 1. The Morgan fingerprint density at radius 1 is 1.09 bits per heavy atom. The van der Waals surface area contributed by atoms with Crippen LogP contribution in [-0.4, -0.2) is 33.1 Å². The molecule has 0 saturated carbocycles. The van der Waals surface area contributed by atoms with Crippen LogP contribution in [-0.2, 0) is 22.6 Å². The van der Waals surface area contributed by atoms with Crippen molar-refractivity contribution in [2.24, 2.45) is 0 Å². The Balaban J connectivity index is 1.35. The van der Waals surface area contributed by atoms with Gasteiger partial charge in [-0.2, -0.15) is 9.61 Å². The monoisotopic (exact) mass is 478 g/mol. The molecule has 0 radical (unpaired) electrons. The number of esters is 1. The number of carbonyl (C=O) groups is 2. The number of rotatable bonds is 9. The van der Waals surface area contributed by atoms with E-state index in [1.807, 2.05) is 25.1 Å². The van der Waals surface area contributed by atoms with Crippen molar-refractivity contribution in [1.29, 1.82) is 0 Å². The molecule has 4 aromatic rings. The van der Waals surface area contributed by atoms with E-state index in [2.05, 4.69) is 15.4 Å². The largest absolute Gasteiger partial charge is 0.484 e. The first-order valence-electron chi connectivity index (χ1n) is 10.7. The fourth-order valence-electron chi connectivity index (χ4n) is 3.09. The molecule has 2 aromatic heterocycles. The van der Waals surface area contributed by atoms with Gasteiger partial charge in [0.25, 0.3) is 11.5 Å². The van der Waals surface area contributed by atoms with E-state index in [1.54, 1.807) is 30.3 Å². The molecule has 0 spiro atoms. The number of ether oxygens (including phenoxy) is 2. The molecule has 0 atom stereocenters. The maximum atomic E-state index is 12.5. The first kappa shape index (κ1) is 23.1. The van der Waals surface area contributed by atoms with Gasteiger partial charge in [0, 0.05) is 18.2 Å². The lowest BCUT2D eigenvalue weighted by molar-refractivity contribution is -0.118. The van der Waals surface area contributed by atoms with Crippen LogP contribution in [0.5, 0.6) is 5.75 Å². The standard InChI is InChI=1S/C24H22N4O5S/c1-2-7-21-27-28-22(30)13-18(26-24(28)34-21)14-33-23(31)16-8-6-9-17(12-16)25-20(29)15-32-19-10-4-3-5-11-19/h3-6,8-13H,2,7,14-15H2,1H3,(H,25,29). The van der Waals surface area contributed by atoms with Gasteiger partial charge in [-0.3, -0.25) is 9.59 Å². The molecular weight excluding hydrogens is 456 g/mol. The highest BCUT2D eigenvalue weighted by molar-refractivity contribution is 7.16. The molecule has 9 nitrogen and oxygen atoms in total. The van der Waals surface area contributed by atoms with Crippen molar-refractivity contribution in [3.05, 3.63) is 87.3 Å². The second-order valence-electron chi connectivity index (χ2n) is 7.33. The summed E-state index contributed by atoms with van der Waals surface area (Å²) in [6.45, 7) is 1.71. The lowest BCUT2D eigenvalue weighted by Crippen LogP contribution is -2.20. The molecule has 10 heteroatoms. The predicted octanol–water partition coefficient (Wildman–Crippen LogP) is 3.48. The zero-order valence-corrected chi connectivity index (χ0v) is 19.2. The Bertz CT molecular complexity index is 1370. The molecule has 0 bridgehead atoms. The molecule has 4 rings (SSSR count). The van der Waals surface area contributed by atoms with Crippen molar-refractivity contribution in [3.63, 3.8) is 0 Å². The van der Waals surface area contributed by atoms with Crippen LogP contribution in [0.25, 0.3) is 4.96 Å². The Hall–Kier alpha value is -4.05. The molecule has 2 aromatic carbocycles. The smallest absolute Gasteiger partial charge is 0.338 e. The molecule has 0 aliphatic carbocycles. The van der Waals surface area contributed by atoms with Gasteiger partial charge in [0.05, 0.1) is 11.3 Å². The first-order chi connectivity index (χ1) is 16.5. The molecule has 0 aliphatic heterocycles. The fourth-order valence-corrected chi connectivity index (χ4v) is 4.11. The second kappa shape index (κ2) is 10.7. The van der Waals surface area contributed by atoms with Crippen LogP contribution in [0.15, 0.2) is 65.5 Å². The summed E-state index contributed by atoms with van der Waals surface area (Å²) in [5.41, 5.74) is 0.703. The number of aromatic nitrogens is 3. The zero-order valence-electron chi connectivity index (χ0n) is 18.4. The molecule has 0 saturated heterocycles. The summed E-state index contributed by atoms with van der Waals surface area (Å²) < 4.78 is 12.0. The highest BCUT2D eigenvalue weighted by atomic mass is 32.1. The number of benzene rings is 2. The van der Waals surface area contributed by atoms with E-state index >= 15 is 0 Å². The summed E-state index contributed by atoms with van der Waals surface area (Å²) in [7, 11) is 0. The number of hydrogen-bond acceptors (Lipinski definition) is 8. The lowest BCUT2D eigenvalue weighted by atomic mass is 10.2. The zero-order chi connectivity index (χ0) is 23.9. The summed E-state index contributed by atoms with van der Waals surface area (Å²) in [5, 5.41) is 7.77. The lowest BCUT2D eigenvalue weighted by Gasteiger charge is -2.09. The number of aryl methyl sites for hydroxylation is 1. The quantitative estimate of drug-likeness (QED) is 0.367. The average molecular weight is 479 g/mol. The van der Waals surface area contributed by atoms with Gasteiger partial charge in [-0.15, -0.1) is 0 Å². The van der Waals surface area contributed by atoms with Crippen LogP contribution in [0.4, 0.5) is 5.69 Å².